The van der Waals surface area contributed by atoms with Crippen LogP contribution in [0.25, 0.3) is 0 Å². The lowest BCUT2D eigenvalue weighted by molar-refractivity contribution is -0.149. The maximum atomic E-state index is 14.8. The molecule has 11 nitrogen and oxygen atoms in total. The van der Waals surface area contributed by atoms with Gasteiger partial charge in [-0.15, -0.1) is 10.2 Å². The van der Waals surface area contributed by atoms with Gasteiger partial charge in [0.1, 0.15) is 18.2 Å². The van der Waals surface area contributed by atoms with Gasteiger partial charge in [0.15, 0.2) is 11.6 Å². The number of alkyl halides is 3. The Balaban J connectivity index is 1.05. The molecule has 0 N–H and O–H groups in total. The Morgan fingerprint density at radius 2 is 1.93 bits per heavy atom. The molecule has 2 aliphatic heterocycles. The van der Waals surface area contributed by atoms with Gasteiger partial charge >= 0.3 is 12.2 Å². The SMILES string of the molecule is CC(C)c1noc(N2CCC(OCCOc3ccc(CC(=O)N4Cc5nnc(C(F)(F)F)n5C(C)C4)c(F)c3)CC2)n1. The third-order valence-electron chi connectivity index (χ3n) is 7.36. The molecule has 1 aromatic carbocycles. The molecule has 1 atom stereocenters. The lowest BCUT2D eigenvalue weighted by Crippen LogP contribution is -2.42. The summed E-state index contributed by atoms with van der Waals surface area (Å²) < 4.78 is 72.3. The van der Waals surface area contributed by atoms with Crippen molar-refractivity contribution in [2.24, 2.45) is 0 Å². The van der Waals surface area contributed by atoms with E-state index in [0.717, 1.165) is 30.5 Å². The van der Waals surface area contributed by atoms with E-state index in [1.807, 2.05) is 18.7 Å². The van der Waals surface area contributed by atoms with Gasteiger partial charge < -0.3 is 28.4 Å². The van der Waals surface area contributed by atoms with E-state index in [1.54, 1.807) is 13.0 Å². The summed E-state index contributed by atoms with van der Waals surface area (Å²) >= 11 is 0. The van der Waals surface area contributed by atoms with E-state index < -0.39 is 29.8 Å². The Bertz CT molecular complexity index is 1380. The van der Waals surface area contributed by atoms with Crippen LogP contribution in [-0.2, 0) is 28.7 Å². The summed E-state index contributed by atoms with van der Waals surface area (Å²) in [6.45, 7) is 7.51. The highest BCUT2D eigenvalue weighted by Crippen LogP contribution is 2.33. The van der Waals surface area contributed by atoms with Crippen molar-refractivity contribution in [1.82, 2.24) is 29.8 Å². The molecule has 1 amide bonds. The number of hydrogen-bond donors (Lipinski definition) is 0. The summed E-state index contributed by atoms with van der Waals surface area (Å²) in [6.07, 6.45) is -3.22. The molecule has 1 saturated heterocycles. The number of rotatable bonds is 9. The van der Waals surface area contributed by atoms with Crippen molar-refractivity contribution in [2.75, 3.05) is 37.7 Å². The molecule has 2 aromatic heterocycles. The van der Waals surface area contributed by atoms with Crippen molar-refractivity contribution in [3.05, 3.63) is 47.1 Å². The number of fused-ring (bicyclic) bond motifs is 1. The molecule has 0 spiro atoms. The summed E-state index contributed by atoms with van der Waals surface area (Å²) in [6, 6.07) is 4.11. The molecule has 0 radical (unpaired) electrons. The van der Waals surface area contributed by atoms with Gasteiger partial charge in [-0.2, -0.15) is 18.2 Å². The van der Waals surface area contributed by atoms with Crippen LogP contribution in [0.5, 0.6) is 5.75 Å². The van der Waals surface area contributed by atoms with E-state index in [9.17, 15) is 22.4 Å². The van der Waals surface area contributed by atoms with E-state index >= 15 is 0 Å². The normalized spacial score (nSPS) is 18.0. The van der Waals surface area contributed by atoms with Gasteiger partial charge in [0, 0.05) is 31.6 Å². The predicted molar refractivity (Wildman–Crippen MR) is 140 cm³/mol. The Morgan fingerprint density at radius 3 is 2.60 bits per heavy atom. The average Bonchev–Trinajstić information content (AvgIpc) is 3.61. The minimum absolute atomic E-state index is 0.0325. The number of carbonyl (C=O) groups is 1. The Hall–Kier alpha value is -3.75. The fourth-order valence-corrected chi connectivity index (χ4v) is 5.13. The molecule has 3 aromatic rings. The quantitative estimate of drug-likeness (QED) is 0.266. The van der Waals surface area contributed by atoms with E-state index in [4.69, 9.17) is 14.0 Å². The van der Waals surface area contributed by atoms with Crippen molar-refractivity contribution >= 4 is 11.9 Å². The first-order chi connectivity index (χ1) is 20.0. The third-order valence-corrected chi connectivity index (χ3v) is 7.36. The predicted octanol–water partition coefficient (Wildman–Crippen LogP) is 4.15. The highest BCUT2D eigenvalue weighted by Gasteiger charge is 2.41. The topological polar surface area (TPSA) is 112 Å². The maximum absolute atomic E-state index is 14.8. The molecule has 2 aliphatic rings. The molecular weight excluding hydrogens is 562 g/mol. The van der Waals surface area contributed by atoms with Gasteiger partial charge in [-0.3, -0.25) is 4.79 Å². The van der Waals surface area contributed by atoms with Crippen LogP contribution in [0, 0.1) is 5.82 Å². The van der Waals surface area contributed by atoms with E-state index in [0.29, 0.717) is 24.2 Å². The average molecular weight is 596 g/mol. The number of hydrogen-bond acceptors (Lipinski definition) is 9. The van der Waals surface area contributed by atoms with Crippen LogP contribution in [0.15, 0.2) is 22.7 Å². The minimum atomic E-state index is -4.64. The number of nitrogens with zero attached hydrogens (tertiary/aromatic N) is 7. The molecule has 1 unspecified atom stereocenters. The van der Waals surface area contributed by atoms with Crippen LogP contribution in [0.4, 0.5) is 23.6 Å². The summed E-state index contributed by atoms with van der Waals surface area (Å²) in [4.78, 5) is 20.7. The van der Waals surface area contributed by atoms with Crippen molar-refractivity contribution in [1.29, 1.82) is 0 Å². The minimum Gasteiger partial charge on any atom is -0.491 e. The second-order valence-electron chi connectivity index (χ2n) is 10.9. The standard InChI is InChI=1S/C27H33F4N7O4/c1-16(2)24-32-26(42-35-24)36-8-6-19(7-9-36)40-10-11-41-20-5-4-18(21(28)13-20)12-23(39)37-14-17(3)38-22(15-37)33-34-25(38)27(29,30)31/h4-5,13,16-17,19H,6-12,14-15H2,1-3H3. The highest BCUT2D eigenvalue weighted by molar-refractivity contribution is 5.79. The van der Waals surface area contributed by atoms with E-state index in [1.165, 1.54) is 17.0 Å². The molecule has 4 heterocycles. The van der Waals surface area contributed by atoms with Crippen LogP contribution in [0.3, 0.4) is 0 Å². The van der Waals surface area contributed by atoms with Gasteiger partial charge in [0.25, 0.3) is 0 Å². The van der Waals surface area contributed by atoms with Gasteiger partial charge in [0.2, 0.25) is 11.7 Å². The number of aromatic nitrogens is 5. The molecule has 5 rings (SSSR count). The molecule has 228 valence electrons. The van der Waals surface area contributed by atoms with Crippen molar-refractivity contribution < 1.29 is 36.4 Å². The molecule has 42 heavy (non-hydrogen) atoms. The number of halogens is 4. The first kappa shape index (κ1) is 29.7. The van der Waals surface area contributed by atoms with Crippen molar-refractivity contribution in [3.63, 3.8) is 0 Å². The summed E-state index contributed by atoms with van der Waals surface area (Å²) in [5, 5.41) is 10.9. The fourth-order valence-electron chi connectivity index (χ4n) is 5.13. The van der Waals surface area contributed by atoms with Crippen LogP contribution in [-0.4, -0.2) is 74.7 Å². The number of anilines is 1. The molecule has 0 aliphatic carbocycles. The molecular formula is C27H33F4N7O4. The molecule has 0 saturated carbocycles. The monoisotopic (exact) mass is 595 g/mol. The second-order valence-corrected chi connectivity index (χ2v) is 10.9. The van der Waals surface area contributed by atoms with Gasteiger partial charge in [-0.1, -0.05) is 25.1 Å². The summed E-state index contributed by atoms with van der Waals surface area (Å²) in [7, 11) is 0. The number of piperidine rings is 1. The number of ether oxygens (including phenoxy) is 2. The smallest absolute Gasteiger partial charge is 0.451 e. The van der Waals surface area contributed by atoms with Crippen molar-refractivity contribution in [2.45, 2.75) is 70.8 Å². The third kappa shape index (κ3) is 6.66. The Kier molecular flexibility index (Phi) is 8.66. The maximum Gasteiger partial charge on any atom is 0.451 e. The van der Waals surface area contributed by atoms with E-state index in [2.05, 4.69) is 20.3 Å². The van der Waals surface area contributed by atoms with E-state index in [-0.39, 0.29) is 49.5 Å². The number of amides is 1. The largest absolute Gasteiger partial charge is 0.491 e. The van der Waals surface area contributed by atoms with Crippen LogP contribution in [0.1, 0.15) is 68.6 Å². The zero-order chi connectivity index (χ0) is 30.0. The molecule has 0 bridgehead atoms. The fraction of sp³-hybridized carbons (Fsp3) is 0.593. The molecule has 1 fully saturated rings. The number of carbonyl (C=O) groups excluding carboxylic acids is 1. The first-order valence-electron chi connectivity index (χ1n) is 13.9. The first-order valence-corrected chi connectivity index (χ1v) is 13.9. The summed E-state index contributed by atoms with van der Waals surface area (Å²) in [5.74, 6) is -0.886. The number of benzene rings is 1. The van der Waals surface area contributed by atoms with Gasteiger partial charge in [0.05, 0.1) is 31.7 Å². The van der Waals surface area contributed by atoms with Crippen LogP contribution >= 0.6 is 0 Å². The van der Waals surface area contributed by atoms with Crippen LogP contribution < -0.4 is 9.64 Å². The summed E-state index contributed by atoms with van der Waals surface area (Å²) in [5.41, 5.74) is 0.160. The van der Waals surface area contributed by atoms with Gasteiger partial charge in [-0.25, -0.2) is 4.39 Å². The lowest BCUT2D eigenvalue weighted by Gasteiger charge is -2.32. The lowest BCUT2D eigenvalue weighted by atomic mass is 10.1. The van der Waals surface area contributed by atoms with Gasteiger partial charge in [-0.05, 0) is 31.4 Å². The second kappa shape index (κ2) is 12.2. The van der Waals surface area contributed by atoms with Crippen LogP contribution in [0.2, 0.25) is 0 Å². The zero-order valence-electron chi connectivity index (χ0n) is 23.6. The Labute approximate surface area is 239 Å². The zero-order valence-corrected chi connectivity index (χ0v) is 23.6. The Morgan fingerprint density at radius 1 is 1.17 bits per heavy atom. The van der Waals surface area contributed by atoms with Crippen molar-refractivity contribution in [3.8, 4) is 5.75 Å². The molecule has 15 heteroatoms. The highest BCUT2D eigenvalue weighted by atomic mass is 19.4.